The third-order valence-corrected chi connectivity index (χ3v) is 17.7. The molecule has 0 N–H and O–H groups in total. The van der Waals surface area contributed by atoms with Crippen molar-refractivity contribution in [2.24, 2.45) is 0 Å². The van der Waals surface area contributed by atoms with Gasteiger partial charge in [0.15, 0.2) is 6.10 Å². The highest BCUT2D eigenvalue weighted by Gasteiger charge is 2.22. The fraction of sp³-hybridized carbons (Fsp3) is 0.756. The van der Waals surface area contributed by atoms with Gasteiger partial charge in [0.05, 0.1) is 27.7 Å². The van der Waals surface area contributed by atoms with Gasteiger partial charge < -0.3 is 27.9 Å². The fourth-order valence-corrected chi connectivity index (χ4v) is 11.6. The summed E-state index contributed by atoms with van der Waals surface area (Å²) in [4.78, 5) is 38.1. The Morgan fingerprint density at radius 2 is 0.620 bits per heavy atom. The number of ether oxygens (including phenoxy) is 2. The zero-order chi connectivity index (χ0) is 66.9. The Labute approximate surface area is 569 Å². The molecule has 0 fully saturated rings. The van der Waals surface area contributed by atoms with Crippen LogP contribution in [0.2, 0.25) is 0 Å². The van der Waals surface area contributed by atoms with E-state index >= 15 is 0 Å². The van der Waals surface area contributed by atoms with Crippen LogP contribution in [0.5, 0.6) is 0 Å². The summed E-state index contributed by atoms with van der Waals surface area (Å²) in [5.41, 5.74) is 0. The Bertz CT molecular complexity index is 1920. The highest BCUT2D eigenvalue weighted by Crippen LogP contribution is 2.38. The van der Waals surface area contributed by atoms with Gasteiger partial charge in [-0.25, -0.2) is 0 Å². The van der Waals surface area contributed by atoms with Gasteiger partial charge in [-0.3, -0.25) is 14.2 Å². The van der Waals surface area contributed by atoms with Crippen LogP contribution in [0.15, 0.2) is 109 Å². The number of carbonyl (C=O) groups is 2. The number of phosphoric acid groups is 1. The van der Waals surface area contributed by atoms with Gasteiger partial charge in [-0.15, -0.1) is 0 Å². The molecule has 0 rings (SSSR count). The van der Waals surface area contributed by atoms with E-state index in [0.717, 1.165) is 89.9 Å². The molecule has 0 heterocycles. The van der Waals surface area contributed by atoms with Crippen LogP contribution in [-0.4, -0.2) is 70.0 Å². The Morgan fingerprint density at radius 1 is 0.348 bits per heavy atom. The van der Waals surface area contributed by atoms with Gasteiger partial charge in [0, 0.05) is 12.8 Å². The molecule has 0 saturated heterocycles. The molecule has 0 aliphatic rings. The molecule has 0 aliphatic carbocycles. The van der Waals surface area contributed by atoms with E-state index in [1.165, 1.54) is 225 Å². The second-order valence-electron chi connectivity index (χ2n) is 27.0. The number of hydrogen-bond acceptors (Lipinski definition) is 8. The normalized spacial score (nSPS) is 13.7. The van der Waals surface area contributed by atoms with Crippen molar-refractivity contribution in [3.8, 4) is 0 Å². The molecular formula is C82H146NO8P. The maximum atomic E-state index is 12.9. The average Bonchev–Trinajstić information content (AvgIpc) is 2.23. The molecular weight excluding hydrogens is 1160 g/mol. The lowest BCUT2D eigenvalue weighted by Crippen LogP contribution is -2.37. The summed E-state index contributed by atoms with van der Waals surface area (Å²) < 4.78 is 34.4. The van der Waals surface area contributed by atoms with E-state index in [1.54, 1.807) is 0 Å². The van der Waals surface area contributed by atoms with E-state index in [2.05, 4.69) is 123 Å². The molecule has 0 aromatic rings. The van der Waals surface area contributed by atoms with Crippen molar-refractivity contribution < 1.29 is 42.1 Å². The first-order chi connectivity index (χ1) is 45.0. The van der Waals surface area contributed by atoms with Crippen LogP contribution in [0.25, 0.3) is 0 Å². The lowest BCUT2D eigenvalue weighted by atomic mass is 10.0. The monoisotopic (exact) mass is 1300 g/mol. The lowest BCUT2D eigenvalue weighted by molar-refractivity contribution is -0.870. The maximum Gasteiger partial charge on any atom is 0.306 e. The van der Waals surface area contributed by atoms with E-state index < -0.39 is 26.5 Å². The summed E-state index contributed by atoms with van der Waals surface area (Å²) in [5, 5.41) is 0. The fourth-order valence-electron chi connectivity index (χ4n) is 10.9. The second kappa shape index (κ2) is 72.0. The number of phosphoric ester groups is 1. The Hall–Kier alpha value is -3.33. The Kier molecular flexibility index (Phi) is 69.3. The van der Waals surface area contributed by atoms with Crippen molar-refractivity contribution in [3.05, 3.63) is 109 Å². The summed E-state index contributed by atoms with van der Waals surface area (Å²) in [6, 6.07) is 0. The molecule has 92 heavy (non-hydrogen) atoms. The summed E-state index contributed by atoms with van der Waals surface area (Å²) in [6.07, 6.45) is 102. The largest absolute Gasteiger partial charge is 0.756 e. The smallest absolute Gasteiger partial charge is 0.306 e. The zero-order valence-corrected chi connectivity index (χ0v) is 61.6. The summed E-state index contributed by atoms with van der Waals surface area (Å²) in [6.45, 7) is 4.16. The highest BCUT2D eigenvalue weighted by atomic mass is 31.2. The first-order valence-electron chi connectivity index (χ1n) is 38.6. The van der Waals surface area contributed by atoms with Gasteiger partial charge in [-0.1, -0.05) is 342 Å². The van der Waals surface area contributed by atoms with Gasteiger partial charge in [0.2, 0.25) is 0 Å². The number of allylic oxidation sites excluding steroid dienone is 18. The first-order valence-corrected chi connectivity index (χ1v) is 40.1. The van der Waals surface area contributed by atoms with Gasteiger partial charge in [-0.2, -0.15) is 0 Å². The van der Waals surface area contributed by atoms with Crippen LogP contribution in [0.4, 0.5) is 0 Å². The molecule has 9 nitrogen and oxygen atoms in total. The van der Waals surface area contributed by atoms with E-state index in [1.807, 2.05) is 21.1 Å². The topological polar surface area (TPSA) is 111 Å². The number of likely N-dealkylation sites (N-methyl/N-ethyl adjacent to an activating group) is 1. The van der Waals surface area contributed by atoms with Crippen LogP contribution in [0, 0.1) is 0 Å². The number of esters is 2. The van der Waals surface area contributed by atoms with E-state index in [9.17, 15) is 19.0 Å². The molecule has 532 valence electrons. The summed E-state index contributed by atoms with van der Waals surface area (Å²) >= 11 is 0. The molecule has 0 aromatic carbocycles. The SMILES string of the molecule is CC/C=C\C/C=C\C/C=C\C/C=C\C/C=C\C/C=C\C/C=C\CCCCCCCCCCCCCCCCCCCCCC(=O)OC(COC(=O)CCCCCCCCCCCCCCCCC/C=C\C/C=C\CCCCCCC)COP(=O)([O-])OCC[N+](C)(C)C. The molecule has 0 saturated carbocycles. The lowest BCUT2D eigenvalue weighted by Gasteiger charge is -2.28. The third kappa shape index (κ3) is 75.7. The molecule has 0 radical (unpaired) electrons. The third-order valence-electron chi connectivity index (χ3n) is 16.8. The second-order valence-corrected chi connectivity index (χ2v) is 28.4. The summed E-state index contributed by atoms with van der Waals surface area (Å²) in [7, 11) is 1.17. The highest BCUT2D eigenvalue weighted by molar-refractivity contribution is 7.45. The quantitative estimate of drug-likeness (QED) is 0.0195. The number of nitrogens with zero attached hydrogens (tertiary/aromatic N) is 1. The van der Waals surface area contributed by atoms with Crippen molar-refractivity contribution in [1.82, 2.24) is 0 Å². The average molecular weight is 1310 g/mol. The van der Waals surface area contributed by atoms with Crippen LogP contribution < -0.4 is 4.89 Å². The van der Waals surface area contributed by atoms with Crippen molar-refractivity contribution in [3.63, 3.8) is 0 Å². The van der Waals surface area contributed by atoms with E-state index in [-0.39, 0.29) is 32.0 Å². The van der Waals surface area contributed by atoms with Gasteiger partial charge in [-0.05, 0) is 103 Å². The van der Waals surface area contributed by atoms with Crippen LogP contribution >= 0.6 is 7.82 Å². The maximum absolute atomic E-state index is 12.9. The van der Waals surface area contributed by atoms with Crippen LogP contribution in [-0.2, 0) is 32.7 Å². The van der Waals surface area contributed by atoms with E-state index in [4.69, 9.17) is 18.5 Å². The minimum Gasteiger partial charge on any atom is -0.756 e. The first kappa shape index (κ1) is 88.7. The van der Waals surface area contributed by atoms with Gasteiger partial charge in [0.25, 0.3) is 7.82 Å². The van der Waals surface area contributed by atoms with Crippen molar-refractivity contribution in [2.45, 2.75) is 354 Å². The van der Waals surface area contributed by atoms with Crippen molar-refractivity contribution >= 4 is 19.8 Å². The van der Waals surface area contributed by atoms with Crippen molar-refractivity contribution in [2.75, 3.05) is 47.5 Å². The zero-order valence-electron chi connectivity index (χ0n) is 60.7. The molecule has 10 heteroatoms. The summed E-state index contributed by atoms with van der Waals surface area (Å²) in [5.74, 6) is -0.820. The van der Waals surface area contributed by atoms with Crippen molar-refractivity contribution in [1.29, 1.82) is 0 Å². The van der Waals surface area contributed by atoms with Crippen LogP contribution in [0.1, 0.15) is 348 Å². The van der Waals surface area contributed by atoms with E-state index in [0.29, 0.717) is 17.4 Å². The number of rotatable bonds is 71. The molecule has 2 unspecified atom stereocenters. The minimum absolute atomic E-state index is 0.0318. The molecule has 0 bridgehead atoms. The molecule has 0 amide bonds. The minimum atomic E-state index is -4.65. The predicted molar refractivity (Wildman–Crippen MR) is 397 cm³/mol. The molecule has 2 atom stereocenters. The Morgan fingerprint density at radius 3 is 0.924 bits per heavy atom. The number of hydrogen-bond donors (Lipinski definition) is 0. The number of carbonyl (C=O) groups excluding carboxylic acids is 2. The molecule has 0 spiro atoms. The number of unbranched alkanes of at least 4 members (excludes halogenated alkanes) is 39. The molecule has 0 aliphatic heterocycles. The molecule has 0 aromatic heterocycles. The number of quaternary nitrogens is 1. The standard InChI is InChI=1S/C82H146NO8P/c1-6-8-10-12-14-16-18-20-22-24-26-28-30-32-34-35-36-37-38-39-40-41-42-43-44-45-46-47-49-51-53-55-57-59-61-63-65-67-69-71-73-75-82(85)91-80(79-90-92(86,87)89-77-76-83(3,4)5)78-88-81(84)74-72-70-68-66-64-62-60-58-56-54-52-50-48-33-31-29-27-25-23-21-19-17-15-13-11-9-7-2/h8,10,14,16,19-22,25-28,32,34,36-37,39-40,80H,6-7,9,11-13,15,17-18,23-24,29-31,33,35,38,41-79H2,1-5H3/b10-8-,16-14-,21-19-,22-20-,27-25-,28-26-,34-32-,37-36-,40-39-. The van der Waals surface area contributed by atoms with Gasteiger partial charge >= 0.3 is 11.9 Å². The van der Waals surface area contributed by atoms with Gasteiger partial charge in [0.1, 0.15) is 19.8 Å². The predicted octanol–water partition coefficient (Wildman–Crippen LogP) is 25.0. The van der Waals surface area contributed by atoms with Crippen LogP contribution in [0.3, 0.4) is 0 Å². The Balaban J connectivity index is 3.96.